The molecule has 3 rings (SSSR count). The zero-order valence-corrected chi connectivity index (χ0v) is 11.9. The van der Waals surface area contributed by atoms with E-state index < -0.39 is 0 Å². The Labute approximate surface area is 127 Å². The second-order valence-corrected chi connectivity index (χ2v) is 5.38. The maximum atomic E-state index is 12.3. The summed E-state index contributed by atoms with van der Waals surface area (Å²) in [6.45, 7) is 0.346. The highest BCUT2D eigenvalue weighted by Gasteiger charge is 2.26. The molecule has 1 atom stereocenters. The average molecular weight is 304 g/mol. The zero-order valence-electron chi connectivity index (χ0n) is 11.2. The van der Waals surface area contributed by atoms with Crippen molar-refractivity contribution in [1.82, 2.24) is 0 Å². The van der Waals surface area contributed by atoms with Crippen molar-refractivity contribution in [3.8, 4) is 11.5 Å². The van der Waals surface area contributed by atoms with E-state index in [9.17, 15) is 9.90 Å². The Morgan fingerprint density at radius 1 is 1.29 bits per heavy atom. The molecule has 0 aromatic heterocycles. The molecule has 4 nitrogen and oxygen atoms in total. The average Bonchev–Trinajstić information content (AvgIpc) is 2.49. The predicted octanol–water partition coefficient (Wildman–Crippen LogP) is 3.24. The molecule has 0 bridgehead atoms. The van der Waals surface area contributed by atoms with Crippen molar-refractivity contribution in [1.29, 1.82) is 0 Å². The molecule has 0 saturated heterocycles. The Kier molecular flexibility index (Phi) is 3.71. The van der Waals surface area contributed by atoms with Crippen LogP contribution in [0, 0.1) is 5.92 Å². The van der Waals surface area contributed by atoms with Crippen LogP contribution in [0.15, 0.2) is 42.5 Å². The number of ether oxygens (including phenoxy) is 1. The summed E-state index contributed by atoms with van der Waals surface area (Å²) < 4.78 is 5.61. The van der Waals surface area contributed by atoms with Crippen molar-refractivity contribution in [2.24, 2.45) is 5.92 Å². The number of anilines is 1. The van der Waals surface area contributed by atoms with Crippen LogP contribution in [-0.2, 0) is 11.2 Å². The molecular formula is C16H14ClNO3. The number of hydrogen-bond acceptors (Lipinski definition) is 3. The molecular weight excluding hydrogens is 290 g/mol. The summed E-state index contributed by atoms with van der Waals surface area (Å²) >= 11 is 5.99. The van der Waals surface area contributed by atoms with E-state index in [0.717, 1.165) is 11.3 Å². The monoisotopic (exact) mass is 303 g/mol. The second-order valence-electron chi connectivity index (χ2n) is 4.97. The molecule has 108 valence electrons. The third kappa shape index (κ3) is 2.95. The van der Waals surface area contributed by atoms with Gasteiger partial charge in [0.1, 0.15) is 18.1 Å². The molecule has 1 heterocycles. The number of carbonyl (C=O) groups is 1. The summed E-state index contributed by atoms with van der Waals surface area (Å²) in [6, 6.07) is 12.2. The molecule has 0 saturated carbocycles. The minimum Gasteiger partial charge on any atom is -0.508 e. The lowest BCUT2D eigenvalue weighted by Gasteiger charge is -2.24. The number of amides is 1. The molecule has 2 aromatic rings. The highest BCUT2D eigenvalue weighted by molar-refractivity contribution is 6.33. The van der Waals surface area contributed by atoms with E-state index in [1.807, 2.05) is 24.3 Å². The lowest BCUT2D eigenvalue weighted by atomic mass is 9.96. The van der Waals surface area contributed by atoms with Crippen molar-refractivity contribution in [3.63, 3.8) is 0 Å². The number of hydrogen-bond donors (Lipinski definition) is 2. The Bertz CT molecular complexity index is 687. The number of fused-ring (bicyclic) bond motifs is 1. The van der Waals surface area contributed by atoms with Crippen LogP contribution in [0.25, 0.3) is 0 Å². The summed E-state index contributed by atoms with van der Waals surface area (Å²) in [6.07, 6.45) is 0.637. The van der Waals surface area contributed by atoms with E-state index in [1.165, 1.54) is 12.1 Å². The molecule has 2 aromatic carbocycles. The summed E-state index contributed by atoms with van der Waals surface area (Å²) in [5, 5.41) is 12.4. The van der Waals surface area contributed by atoms with Crippen LogP contribution in [0.3, 0.4) is 0 Å². The Hall–Kier alpha value is -2.20. The number of halogens is 1. The number of aromatic hydroxyl groups is 1. The number of carbonyl (C=O) groups excluding carboxylic acids is 1. The largest absolute Gasteiger partial charge is 0.508 e. The lowest BCUT2D eigenvalue weighted by Crippen LogP contribution is -2.32. The number of phenolic OH excluding ortho intramolecular Hbond substituents is 1. The van der Waals surface area contributed by atoms with Gasteiger partial charge in [0.2, 0.25) is 5.91 Å². The topological polar surface area (TPSA) is 58.6 Å². The van der Waals surface area contributed by atoms with E-state index in [1.54, 1.807) is 6.07 Å². The van der Waals surface area contributed by atoms with Gasteiger partial charge in [-0.2, -0.15) is 0 Å². The van der Waals surface area contributed by atoms with Crippen molar-refractivity contribution in [3.05, 3.63) is 53.1 Å². The van der Waals surface area contributed by atoms with E-state index >= 15 is 0 Å². The van der Waals surface area contributed by atoms with E-state index in [4.69, 9.17) is 16.3 Å². The SMILES string of the molecule is O=C(Nc1ccc(O)cc1Cl)C1COc2ccccc2C1. The van der Waals surface area contributed by atoms with Gasteiger partial charge in [-0.25, -0.2) is 0 Å². The standard InChI is InChI=1S/C16H14ClNO3/c17-13-8-12(19)5-6-14(13)18-16(20)11-7-10-3-1-2-4-15(10)21-9-11/h1-6,8,11,19H,7,9H2,(H,18,20). The highest BCUT2D eigenvalue weighted by Crippen LogP contribution is 2.29. The van der Waals surface area contributed by atoms with Gasteiger partial charge in [0.25, 0.3) is 0 Å². The Morgan fingerprint density at radius 2 is 2.10 bits per heavy atom. The molecule has 1 amide bonds. The number of rotatable bonds is 2. The molecule has 2 N–H and O–H groups in total. The molecule has 0 radical (unpaired) electrons. The first-order valence-electron chi connectivity index (χ1n) is 6.63. The quantitative estimate of drug-likeness (QED) is 0.837. The first-order valence-corrected chi connectivity index (χ1v) is 7.01. The summed E-state index contributed by atoms with van der Waals surface area (Å²) in [5.41, 5.74) is 1.51. The summed E-state index contributed by atoms with van der Waals surface area (Å²) in [7, 11) is 0. The van der Waals surface area contributed by atoms with Gasteiger partial charge < -0.3 is 15.2 Å². The molecule has 21 heavy (non-hydrogen) atoms. The minimum absolute atomic E-state index is 0.0629. The number of benzene rings is 2. The normalized spacial score (nSPS) is 16.7. The van der Waals surface area contributed by atoms with Gasteiger partial charge in [-0.05, 0) is 30.2 Å². The van der Waals surface area contributed by atoms with Crippen molar-refractivity contribution < 1.29 is 14.6 Å². The molecule has 1 unspecified atom stereocenters. The van der Waals surface area contributed by atoms with E-state index in [-0.39, 0.29) is 17.6 Å². The fraction of sp³-hybridized carbons (Fsp3) is 0.188. The molecule has 1 aliphatic rings. The summed E-state index contributed by atoms with van der Waals surface area (Å²) in [5.74, 6) is 0.499. The van der Waals surface area contributed by atoms with Crippen LogP contribution in [-0.4, -0.2) is 17.6 Å². The maximum absolute atomic E-state index is 12.3. The third-order valence-electron chi connectivity index (χ3n) is 3.46. The van der Waals surface area contributed by atoms with E-state index in [0.29, 0.717) is 23.7 Å². The van der Waals surface area contributed by atoms with Crippen LogP contribution in [0.5, 0.6) is 11.5 Å². The Morgan fingerprint density at radius 3 is 2.90 bits per heavy atom. The van der Waals surface area contributed by atoms with Gasteiger partial charge in [0.15, 0.2) is 0 Å². The molecule has 1 aliphatic heterocycles. The van der Waals surface area contributed by atoms with E-state index in [2.05, 4.69) is 5.32 Å². The number of nitrogens with one attached hydrogen (secondary N) is 1. The smallest absolute Gasteiger partial charge is 0.231 e. The second kappa shape index (κ2) is 5.66. The molecule has 5 heteroatoms. The van der Waals surface area contributed by atoms with Crippen molar-refractivity contribution >= 4 is 23.2 Å². The minimum atomic E-state index is -0.259. The van der Waals surface area contributed by atoms with Crippen LogP contribution in [0.2, 0.25) is 5.02 Å². The van der Waals surface area contributed by atoms with Gasteiger partial charge in [0, 0.05) is 6.07 Å². The maximum Gasteiger partial charge on any atom is 0.231 e. The Balaban J connectivity index is 1.72. The van der Waals surface area contributed by atoms with Gasteiger partial charge in [-0.3, -0.25) is 4.79 Å². The van der Waals surface area contributed by atoms with Crippen molar-refractivity contribution in [2.45, 2.75) is 6.42 Å². The van der Waals surface area contributed by atoms with Crippen LogP contribution < -0.4 is 10.1 Å². The zero-order chi connectivity index (χ0) is 14.8. The van der Waals surface area contributed by atoms with Crippen LogP contribution in [0.1, 0.15) is 5.56 Å². The fourth-order valence-corrected chi connectivity index (χ4v) is 2.56. The number of phenols is 1. The number of para-hydroxylation sites is 1. The third-order valence-corrected chi connectivity index (χ3v) is 3.77. The van der Waals surface area contributed by atoms with Crippen LogP contribution in [0.4, 0.5) is 5.69 Å². The molecule has 0 fully saturated rings. The van der Waals surface area contributed by atoms with Gasteiger partial charge >= 0.3 is 0 Å². The predicted molar refractivity (Wildman–Crippen MR) is 80.9 cm³/mol. The van der Waals surface area contributed by atoms with Crippen molar-refractivity contribution in [2.75, 3.05) is 11.9 Å². The van der Waals surface area contributed by atoms with Gasteiger partial charge in [-0.1, -0.05) is 29.8 Å². The first kappa shape index (κ1) is 13.8. The molecule has 0 aliphatic carbocycles. The van der Waals surface area contributed by atoms with Gasteiger partial charge in [0.05, 0.1) is 16.6 Å². The van der Waals surface area contributed by atoms with Gasteiger partial charge in [-0.15, -0.1) is 0 Å². The molecule has 0 spiro atoms. The summed E-state index contributed by atoms with van der Waals surface area (Å²) in [4.78, 5) is 12.3. The fourth-order valence-electron chi connectivity index (χ4n) is 2.34. The first-order chi connectivity index (χ1) is 10.1. The lowest BCUT2D eigenvalue weighted by molar-refractivity contribution is -0.121. The highest BCUT2D eigenvalue weighted by atomic mass is 35.5. The van der Waals surface area contributed by atoms with Crippen LogP contribution >= 0.6 is 11.6 Å².